The molecule has 0 bridgehead atoms. The number of amides is 2. The fourth-order valence-corrected chi connectivity index (χ4v) is 3.04. The molecule has 1 saturated carbocycles. The molecule has 5 heteroatoms. The van der Waals surface area contributed by atoms with Gasteiger partial charge in [0.2, 0.25) is 11.8 Å². The molecule has 2 heterocycles. The van der Waals surface area contributed by atoms with Crippen LogP contribution in [0.25, 0.3) is 0 Å². The third kappa shape index (κ3) is 1.67. The second kappa shape index (κ2) is 4.04. The SMILES string of the molecule is O=C1C2CCCC2C(=O)N1c1ccc(I)cn1. The largest absolute Gasteiger partial charge is 0.274 e. The number of rotatable bonds is 1. The van der Waals surface area contributed by atoms with Gasteiger partial charge in [0.25, 0.3) is 0 Å². The number of pyridine rings is 1. The van der Waals surface area contributed by atoms with Crippen LogP contribution in [0.1, 0.15) is 19.3 Å². The molecule has 0 radical (unpaired) electrons. The van der Waals surface area contributed by atoms with E-state index in [2.05, 4.69) is 27.6 Å². The third-order valence-corrected chi connectivity index (χ3v) is 4.17. The lowest BCUT2D eigenvalue weighted by atomic mass is 10.00. The lowest BCUT2D eigenvalue weighted by Gasteiger charge is -2.14. The highest BCUT2D eigenvalue weighted by Crippen LogP contribution is 2.41. The molecule has 1 aliphatic heterocycles. The topological polar surface area (TPSA) is 50.3 Å². The number of hydrogen-bond donors (Lipinski definition) is 0. The molecule has 2 unspecified atom stereocenters. The van der Waals surface area contributed by atoms with Gasteiger partial charge in [0.15, 0.2) is 0 Å². The average molecular weight is 342 g/mol. The van der Waals surface area contributed by atoms with E-state index in [1.165, 1.54) is 4.90 Å². The highest BCUT2D eigenvalue weighted by atomic mass is 127. The van der Waals surface area contributed by atoms with Gasteiger partial charge in [-0.05, 0) is 47.6 Å². The second-order valence-corrected chi connectivity index (χ2v) is 5.74. The van der Waals surface area contributed by atoms with E-state index in [0.29, 0.717) is 5.82 Å². The summed E-state index contributed by atoms with van der Waals surface area (Å²) in [6.07, 6.45) is 4.34. The number of fused-ring (bicyclic) bond motifs is 1. The van der Waals surface area contributed by atoms with E-state index in [4.69, 9.17) is 0 Å². The van der Waals surface area contributed by atoms with Gasteiger partial charge in [0, 0.05) is 9.77 Å². The zero-order valence-corrected chi connectivity index (χ0v) is 11.3. The zero-order chi connectivity index (χ0) is 12.0. The lowest BCUT2D eigenvalue weighted by Crippen LogP contribution is -2.32. The van der Waals surface area contributed by atoms with Crippen molar-refractivity contribution in [2.75, 3.05) is 4.90 Å². The first kappa shape index (κ1) is 11.1. The standard InChI is InChI=1S/C12H11IN2O2/c13-7-4-5-10(14-6-7)15-11(16)8-2-1-3-9(8)12(15)17/h4-6,8-9H,1-3H2. The molecule has 2 aliphatic rings. The van der Waals surface area contributed by atoms with Gasteiger partial charge in [-0.3, -0.25) is 9.59 Å². The highest BCUT2D eigenvalue weighted by molar-refractivity contribution is 14.1. The Morgan fingerprint density at radius 3 is 2.35 bits per heavy atom. The van der Waals surface area contributed by atoms with E-state index in [1.807, 2.05) is 6.07 Å². The van der Waals surface area contributed by atoms with Crippen molar-refractivity contribution in [2.24, 2.45) is 11.8 Å². The molecule has 1 aromatic rings. The number of anilines is 1. The number of carbonyl (C=O) groups excluding carboxylic acids is 2. The fraction of sp³-hybridized carbons (Fsp3) is 0.417. The maximum Gasteiger partial charge on any atom is 0.238 e. The molecule has 2 atom stereocenters. The second-order valence-electron chi connectivity index (χ2n) is 4.49. The minimum absolute atomic E-state index is 0.0637. The van der Waals surface area contributed by atoms with E-state index in [1.54, 1.807) is 12.3 Å². The Kier molecular flexibility index (Phi) is 2.65. The third-order valence-electron chi connectivity index (χ3n) is 3.53. The maximum absolute atomic E-state index is 12.1. The van der Waals surface area contributed by atoms with Crippen LogP contribution in [-0.4, -0.2) is 16.8 Å². The first-order chi connectivity index (χ1) is 8.18. The predicted octanol–water partition coefficient (Wildman–Crippen LogP) is 1.98. The van der Waals surface area contributed by atoms with Gasteiger partial charge in [-0.1, -0.05) is 6.42 Å². The molecule has 0 N–H and O–H groups in total. The van der Waals surface area contributed by atoms with Crippen LogP contribution in [0, 0.1) is 15.4 Å². The van der Waals surface area contributed by atoms with Crippen LogP contribution in [0.15, 0.2) is 18.3 Å². The number of aromatic nitrogens is 1. The molecule has 1 aromatic heterocycles. The minimum atomic E-state index is -0.0939. The summed E-state index contributed by atoms with van der Waals surface area (Å²) in [7, 11) is 0. The van der Waals surface area contributed by atoms with Gasteiger partial charge >= 0.3 is 0 Å². The normalized spacial score (nSPS) is 27.7. The maximum atomic E-state index is 12.1. The summed E-state index contributed by atoms with van der Waals surface area (Å²) >= 11 is 2.15. The molecule has 1 saturated heterocycles. The molecule has 0 aromatic carbocycles. The van der Waals surface area contributed by atoms with Crippen molar-refractivity contribution in [3.63, 3.8) is 0 Å². The molecule has 2 amide bonds. The summed E-state index contributed by atoms with van der Waals surface area (Å²) in [5, 5.41) is 0. The average Bonchev–Trinajstić information content (AvgIpc) is 2.87. The van der Waals surface area contributed by atoms with Crippen molar-refractivity contribution < 1.29 is 9.59 Å². The first-order valence-electron chi connectivity index (χ1n) is 5.68. The van der Waals surface area contributed by atoms with Crippen LogP contribution in [0.2, 0.25) is 0 Å². The number of imide groups is 1. The summed E-state index contributed by atoms with van der Waals surface area (Å²) in [4.78, 5) is 29.7. The quantitative estimate of drug-likeness (QED) is 0.579. The molecular formula is C12H11IN2O2. The van der Waals surface area contributed by atoms with E-state index < -0.39 is 0 Å². The molecule has 88 valence electrons. The van der Waals surface area contributed by atoms with Crippen molar-refractivity contribution >= 4 is 40.2 Å². The lowest BCUT2D eigenvalue weighted by molar-refractivity contribution is -0.122. The van der Waals surface area contributed by atoms with Gasteiger partial charge < -0.3 is 0 Å². The Morgan fingerprint density at radius 1 is 1.18 bits per heavy atom. The molecule has 2 fully saturated rings. The van der Waals surface area contributed by atoms with Gasteiger partial charge in [-0.25, -0.2) is 9.88 Å². The predicted molar refractivity (Wildman–Crippen MR) is 70.3 cm³/mol. The number of hydrogen-bond acceptors (Lipinski definition) is 3. The van der Waals surface area contributed by atoms with E-state index >= 15 is 0 Å². The number of halogens is 1. The smallest absolute Gasteiger partial charge is 0.238 e. The Bertz CT molecular complexity index is 464. The van der Waals surface area contributed by atoms with Crippen molar-refractivity contribution in [1.82, 2.24) is 4.98 Å². The summed E-state index contributed by atoms with van der Waals surface area (Å²) in [5.41, 5.74) is 0. The number of nitrogens with zero attached hydrogens (tertiary/aromatic N) is 2. The van der Waals surface area contributed by atoms with Crippen molar-refractivity contribution in [3.05, 3.63) is 21.9 Å². The van der Waals surface area contributed by atoms with Gasteiger partial charge in [0.1, 0.15) is 5.82 Å². The van der Waals surface area contributed by atoms with Crippen LogP contribution in [0.5, 0.6) is 0 Å². The fourth-order valence-electron chi connectivity index (χ4n) is 2.72. The molecule has 1 aliphatic carbocycles. The Balaban J connectivity index is 1.96. The van der Waals surface area contributed by atoms with Crippen molar-refractivity contribution in [3.8, 4) is 0 Å². The van der Waals surface area contributed by atoms with Crippen LogP contribution >= 0.6 is 22.6 Å². The summed E-state index contributed by atoms with van der Waals surface area (Å²) in [5.74, 6) is 0.152. The van der Waals surface area contributed by atoms with Crippen LogP contribution < -0.4 is 4.90 Å². The molecule has 3 rings (SSSR count). The van der Waals surface area contributed by atoms with Gasteiger partial charge in [-0.15, -0.1) is 0 Å². The minimum Gasteiger partial charge on any atom is -0.274 e. The Labute approximate surface area is 113 Å². The van der Waals surface area contributed by atoms with Crippen LogP contribution in [0.4, 0.5) is 5.82 Å². The number of carbonyl (C=O) groups is 2. The monoisotopic (exact) mass is 342 g/mol. The molecule has 0 spiro atoms. The van der Waals surface area contributed by atoms with Gasteiger partial charge in [0.05, 0.1) is 11.8 Å². The molecule has 17 heavy (non-hydrogen) atoms. The highest BCUT2D eigenvalue weighted by Gasteiger charge is 2.50. The van der Waals surface area contributed by atoms with Crippen LogP contribution in [-0.2, 0) is 9.59 Å². The van der Waals surface area contributed by atoms with Crippen molar-refractivity contribution in [2.45, 2.75) is 19.3 Å². The summed E-state index contributed by atoms with van der Waals surface area (Å²) < 4.78 is 0.991. The first-order valence-corrected chi connectivity index (χ1v) is 6.76. The zero-order valence-electron chi connectivity index (χ0n) is 9.10. The molecular weight excluding hydrogens is 331 g/mol. The van der Waals surface area contributed by atoms with Gasteiger partial charge in [-0.2, -0.15) is 0 Å². The van der Waals surface area contributed by atoms with E-state index in [0.717, 1.165) is 22.8 Å². The van der Waals surface area contributed by atoms with E-state index in [-0.39, 0.29) is 23.7 Å². The van der Waals surface area contributed by atoms with Crippen LogP contribution in [0.3, 0.4) is 0 Å². The van der Waals surface area contributed by atoms with Crippen molar-refractivity contribution in [1.29, 1.82) is 0 Å². The summed E-state index contributed by atoms with van der Waals surface area (Å²) in [6, 6.07) is 3.59. The summed E-state index contributed by atoms with van der Waals surface area (Å²) in [6.45, 7) is 0. The van der Waals surface area contributed by atoms with E-state index in [9.17, 15) is 9.59 Å². The molecule has 4 nitrogen and oxygen atoms in total. The Hall–Kier alpha value is -0.980. The Morgan fingerprint density at radius 2 is 1.82 bits per heavy atom.